The van der Waals surface area contributed by atoms with Crippen LogP contribution in [0.15, 0.2) is 59.5 Å². The Morgan fingerprint density at radius 2 is 1.84 bits per heavy atom. The fourth-order valence-corrected chi connectivity index (χ4v) is 4.79. The summed E-state index contributed by atoms with van der Waals surface area (Å²) in [5.41, 5.74) is 1.47. The Bertz CT molecular complexity index is 1160. The second kappa shape index (κ2) is 9.80. The van der Waals surface area contributed by atoms with Gasteiger partial charge in [-0.3, -0.25) is 10.1 Å². The molecule has 10 heteroatoms. The molecule has 0 saturated heterocycles. The molecule has 0 spiro atoms. The topological polar surface area (TPSA) is 98.5 Å². The molecule has 8 nitrogen and oxygen atoms in total. The van der Waals surface area contributed by atoms with Gasteiger partial charge in [0.25, 0.3) is 5.91 Å². The Kier molecular flexibility index (Phi) is 6.68. The first-order chi connectivity index (χ1) is 15.1. The van der Waals surface area contributed by atoms with Gasteiger partial charge in [0.1, 0.15) is 5.01 Å². The minimum atomic E-state index is -0.210. The van der Waals surface area contributed by atoms with E-state index in [0.29, 0.717) is 28.2 Å². The van der Waals surface area contributed by atoms with Crippen molar-refractivity contribution in [2.75, 3.05) is 5.32 Å². The van der Waals surface area contributed by atoms with Crippen molar-refractivity contribution in [1.29, 1.82) is 0 Å². The molecule has 0 radical (unpaired) electrons. The van der Waals surface area contributed by atoms with Gasteiger partial charge in [-0.1, -0.05) is 55.5 Å². The number of thioether (sulfide) groups is 1. The molecule has 2 aromatic carbocycles. The van der Waals surface area contributed by atoms with Crippen molar-refractivity contribution in [3.63, 3.8) is 0 Å². The SMILES string of the molecule is CC(C)Cc1nnc(NC(=O)c2ccccc2SCc2nnnn2-c2ccccc2)s1. The Balaban J connectivity index is 1.46. The van der Waals surface area contributed by atoms with Crippen LogP contribution in [0.5, 0.6) is 0 Å². The van der Waals surface area contributed by atoms with E-state index < -0.39 is 0 Å². The first-order valence-electron chi connectivity index (χ1n) is 9.78. The lowest BCUT2D eigenvalue weighted by Gasteiger charge is -2.09. The number of aromatic nitrogens is 6. The van der Waals surface area contributed by atoms with Crippen molar-refractivity contribution in [2.24, 2.45) is 5.92 Å². The summed E-state index contributed by atoms with van der Waals surface area (Å²) in [6.07, 6.45) is 0.843. The number of nitrogens with zero attached hydrogens (tertiary/aromatic N) is 6. The van der Waals surface area contributed by atoms with Crippen LogP contribution < -0.4 is 5.32 Å². The van der Waals surface area contributed by atoms with E-state index in [1.807, 2.05) is 48.5 Å². The van der Waals surface area contributed by atoms with E-state index in [-0.39, 0.29) is 5.91 Å². The predicted octanol–water partition coefficient (Wildman–Crippen LogP) is 4.26. The number of tetrazole rings is 1. The van der Waals surface area contributed by atoms with Gasteiger partial charge in [-0.2, -0.15) is 4.68 Å². The third kappa shape index (κ3) is 5.33. The number of anilines is 1. The third-order valence-electron chi connectivity index (χ3n) is 4.29. The molecule has 4 rings (SSSR count). The second-order valence-electron chi connectivity index (χ2n) is 7.18. The number of benzene rings is 2. The minimum Gasteiger partial charge on any atom is -0.296 e. The summed E-state index contributed by atoms with van der Waals surface area (Å²) >= 11 is 2.92. The summed E-state index contributed by atoms with van der Waals surface area (Å²) in [5, 5.41) is 24.6. The monoisotopic (exact) mass is 451 g/mol. The molecule has 0 saturated carbocycles. The lowest BCUT2D eigenvalue weighted by Crippen LogP contribution is -2.13. The van der Waals surface area contributed by atoms with Gasteiger partial charge >= 0.3 is 0 Å². The molecule has 1 amide bonds. The maximum absolute atomic E-state index is 12.9. The zero-order chi connectivity index (χ0) is 21.6. The molecular weight excluding hydrogens is 430 g/mol. The number of carbonyl (C=O) groups excluding carboxylic acids is 1. The van der Waals surface area contributed by atoms with Crippen molar-refractivity contribution < 1.29 is 4.79 Å². The molecule has 31 heavy (non-hydrogen) atoms. The number of para-hydroxylation sites is 1. The van der Waals surface area contributed by atoms with E-state index in [9.17, 15) is 4.79 Å². The van der Waals surface area contributed by atoms with Crippen LogP contribution in [0.25, 0.3) is 5.69 Å². The number of hydrogen-bond donors (Lipinski definition) is 1. The fourth-order valence-electron chi connectivity index (χ4n) is 2.89. The number of hydrogen-bond acceptors (Lipinski definition) is 8. The van der Waals surface area contributed by atoms with Gasteiger partial charge in [0.15, 0.2) is 5.82 Å². The molecule has 1 N–H and O–H groups in total. The highest BCUT2D eigenvalue weighted by Crippen LogP contribution is 2.27. The molecule has 2 aromatic heterocycles. The van der Waals surface area contributed by atoms with Crippen molar-refractivity contribution in [2.45, 2.75) is 30.9 Å². The Hall–Kier alpha value is -3.11. The van der Waals surface area contributed by atoms with Gasteiger partial charge in [0.2, 0.25) is 5.13 Å². The largest absolute Gasteiger partial charge is 0.296 e. The zero-order valence-electron chi connectivity index (χ0n) is 17.1. The molecule has 4 aromatic rings. The standard InChI is InChI=1S/C21H21N7OS2/c1-14(2)12-19-24-25-21(31-19)22-20(29)16-10-6-7-11-17(16)30-13-18-23-26-27-28(18)15-8-4-3-5-9-15/h3-11,14H,12-13H2,1-2H3,(H,22,25,29). The van der Waals surface area contributed by atoms with Gasteiger partial charge in [-0.25, -0.2) is 0 Å². The predicted molar refractivity (Wildman–Crippen MR) is 122 cm³/mol. The zero-order valence-corrected chi connectivity index (χ0v) is 18.7. The third-order valence-corrected chi connectivity index (χ3v) is 6.22. The summed E-state index contributed by atoms with van der Waals surface area (Å²) in [5.74, 6) is 1.50. The summed E-state index contributed by atoms with van der Waals surface area (Å²) in [6, 6.07) is 17.2. The Morgan fingerprint density at radius 3 is 2.65 bits per heavy atom. The van der Waals surface area contributed by atoms with E-state index in [0.717, 1.165) is 22.0 Å². The summed E-state index contributed by atoms with van der Waals surface area (Å²) in [7, 11) is 0. The van der Waals surface area contributed by atoms with Crippen molar-refractivity contribution in [3.8, 4) is 5.69 Å². The average Bonchev–Trinajstić information content (AvgIpc) is 3.42. The van der Waals surface area contributed by atoms with E-state index in [1.54, 1.807) is 10.7 Å². The summed E-state index contributed by atoms with van der Waals surface area (Å²) < 4.78 is 1.70. The molecule has 0 bridgehead atoms. The molecule has 2 heterocycles. The minimum absolute atomic E-state index is 0.210. The average molecular weight is 452 g/mol. The smallest absolute Gasteiger partial charge is 0.258 e. The van der Waals surface area contributed by atoms with E-state index >= 15 is 0 Å². The highest BCUT2D eigenvalue weighted by molar-refractivity contribution is 7.98. The lowest BCUT2D eigenvalue weighted by atomic mass is 10.1. The molecular formula is C21H21N7OS2. The molecule has 0 fully saturated rings. The molecule has 0 aliphatic carbocycles. The highest BCUT2D eigenvalue weighted by Gasteiger charge is 2.16. The molecule has 0 unspecified atom stereocenters. The van der Waals surface area contributed by atoms with Gasteiger partial charge in [0.05, 0.1) is 17.0 Å². The quantitative estimate of drug-likeness (QED) is 0.400. The van der Waals surface area contributed by atoms with E-state index in [4.69, 9.17) is 0 Å². The van der Waals surface area contributed by atoms with Gasteiger partial charge in [-0.15, -0.1) is 27.1 Å². The number of nitrogens with one attached hydrogen (secondary N) is 1. The maximum Gasteiger partial charge on any atom is 0.258 e. The van der Waals surface area contributed by atoms with Crippen molar-refractivity contribution in [1.82, 2.24) is 30.4 Å². The van der Waals surface area contributed by atoms with E-state index in [2.05, 4.69) is 44.9 Å². The summed E-state index contributed by atoms with van der Waals surface area (Å²) in [4.78, 5) is 13.7. The number of rotatable bonds is 8. The number of amides is 1. The molecule has 158 valence electrons. The van der Waals surface area contributed by atoms with Crippen LogP contribution in [-0.4, -0.2) is 36.3 Å². The first-order valence-corrected chi connectivity index (χ1v) is 11.6. The van der Waals surface area contributed by atoms with Crippen molar-refractivity contribution in [3.05, 3.63) is 71.0 Å². The number of carbonyl (C=O) groups is 1. The van der Waals surface area contributed by atoms with Crippen LogP contribution in [0, 0.1) is 5.92 Å². The van der Waals surface area contributed by atoms with Crippen LogP contribution in [-0.2, 0) is 12.2 Å². The van der Waals surface area contributed by atoms with Crippen LogP contribution >= 0.6 is 23.1 Å². The van der Waals surface area contributed by atoms with Gasteiger partial charge in [0, 0.05) is 11.3 Å². The molecule has 0 aliphatic heterocycles. The van der Waals surface area contributed by atoms with E-state index in [1.165, 1.54) is 23.1 Å². The first kappa shape index (κ1) is 21.1. The van der Waals surface area contributed by atoms with Crippen LogP contribution in [0.3, 0.4) is 0 Å². The Morgan fingerprint density at radius 1 is 1.06 bits per heavy atom. The maximum atomic E-state index is 12.9. The Labute approximate surface area is 188 Å². The fraction of sp³-hybridized carbons (Fsp3) is 0.238. The lowest BCUT2D eigenvalue weighted by molar-refractivity contribution is 0.102. The summed E-state index contributed by atoms with van der Waals surface area (Å²) in [6.45, 7) is 4.25. The molecule has 0 atom stereocenters. The van der Waals surface area contributed by atoms with Gasteiger partial charge < -0.3 is 0 Å². The van der Waals surface area contributed by atoms with Crippen LogP contribution in [0.2, 0.25) is 0 Å². The normalized spacial score (nSPS) is 11.1. The second-order valence-corrected chi connectivity index (χ2v) is 9.26. The van der Waals surface area contributed by atoms with Crippen LogP contribution in [0.1, 0.15) is 35.0 Å². The van der Waals surface area contributed by atoms with Crippen molar-refractivity contribution >= 4 is 34.1 Å². The highest BCUT2D eigenvalue weighted by atomic mass is 32.2. The molecule has 0 aliphatic rings. The van der Waals surface area contributed by atoms with Gasteiger partial charge in [-0.05, 0) is 40.6 Å². The van der Waals surface area contributed by atoms with Crippen LogP contribution in [0.4, 0.5) is 5.13 Å².